The summed E-state index contributed by atoms with van der Waals surface area (Å²) in [5, 5.41) is 4.34. The Morgan fingerprint density at radius 3 is 2.69 bits per heavy atom. The Morgan fingerprint density at radius 2 is 2.31 bits per heavy atom. The van der Waals surface area contributed by atoms with Crippen molar-refractivity contribution in [1.82, 2.24) is 5.32 Å². The Kier molecular flexibility index (Phi) is 2.38. The van der Waals surface area contributed by atoms with Crippen LogP contribution >= 0.6 is 27.3 Å². The van der Waals surface area contributed by atoms with E-state index in [4.69, 9.17) is 4.74 Å². The minimum Gasteiger partial charge on any atom is -0.486 e. The summed E-state index contributed by atoms with van der Waals surface area (Å²) in [5.41, 5.74) is 0.254. The molecular formula is C9H12BrNOS. The summed E-state index contributed by atoms with van der Waals surface area (Å²) in [6.45, 7) is 0. The quantitative estimate of drug-likeness (QED) is 0.904. The van der Waals surface area contributed by atoms with Gasteiger partial charge in [-0.05, 0) is 41.9 Å². The summed E-state index contributed by atoms with van der Waals surface area (Å²) >= 11 is 5.21. The van der Waals surface area contributed by atoms with Gasteiger partial charge in [-0.2, -0.15) is 0 Å². The van der Waals surface area contributed by atoms with Gasteiger partial charge in [0.15, 0.2) is 5.06 Å². The van der Waals surface area contributed by atoms with Crippen molar-refractivity contribution in [3.63, 3.8) is 0 Å². The van der Waals surface area contributed by atoms with Gasteiger partial charge in [-0.25, -0.2) is 0 Å². The number of nitrogens with one attached hydrogen (secondary N) is 1. The van der Waals surface area contributed by atoms with E-state index >= 15 is 0 Å². The zero-order valence-corrected chi connectivity index (χ0v) is 10.1. The zero-order chi connectivity index (χ0) is 9.47. The first-order chi connectivity index (χ1) is 6.22. The molecule has 0 radical (unpaired) electrons. The number of hydrogen-bond donors (Lipinski definition) is 1. The van der Waals surface area contributed by atoms with Crippen molar-refractivity contribution >= 4 is 27.3 Å². The highest BCUT2D eigenvalue weighted by molar-refractivity contribution is 9.10. The normalized spacial score (nSPS) is 18.7. The Bertz CT molecular complexity index is 319. The molecule has 4 heteroatoms. The third kappa shape index (κ3) is 1.51. The standard InChI is InChI=1S/C9H12BrNOS/c1-11-9(3-4-9)7-5-6(10)8(12-2)13-7/h5,11H,3-4H2,1-2H3. The van der Waals surface area contributed by atoms with Gasteiger partial charge in [-0.1, -0.05) is 0 Å². The molecule has 13 heavy (non-hydrogen) atoms. The first kappa shape index (κ1) is 9.49. The molecule has 0 atom stereocenters. The summed E-state index contributed by atoms with van der Waals surface area (Å²) in [5.74, 6) is 0. The van der Waals surface area contributed by atoms with Gasteiger partial charge < -0.3 is 10.1 Å². The lowest BCUT2D eigenvalue weighted by atomic mass is 10.2. The molecule has 1 saturated carbocycles. The van der Waals surface area contributed by atoms with Crippen LogP contribution in [0.5, 0.6) is 5.06 Å². The number of thiophene rings is 1. The van der Waals surface area contributed by atoms with Crippen LogP contribution in [0.4, 0.5) is 0 Å². The lowest BCUT2D eigenvalue weighted by Gasteiger charge is -2.10. The minimum atomic E-state index is 0.254. The highest BCUT2D eigenvalue weighted by Crippen LogP contribution is 2.51. The highest BCUT2D eigenvalue weighted by atomic mass is 79.9. The molecule has 1 aromatic rings. The Hall–Kier alpha value is -0.0600. The molecule has 1 aliphatic carbocycles. The van der Waals surface area contributed by atoms with Crippen molar-refractivity contribution in [3.8, 4) is 5.06 Å². The topological polar surface area (TPSA) is 21.3 Å². The lowest BCUT2D eigenvalue weighted by Crippen LogP contribution is -2.22. The van der Waals surface area contributed by atoms with Gasteiger partial charge in [0.05, 0.1) is 17.1 Å². The summed E-state index contributed by atoms with van der Waals surface area (Å²) < 4.78 is 6.30. The number of halogens is 1. The Morgan fingerprint density at radius 1 is 1.62 bits per heavy atom. The average molecular weight is 262 g/mol. The van der Waals surface area contributed by atoms with Crippen molar-refractivity contribution in [2.75, 3.05) is 14.2 Å². The van der Waals surface area contributed by atoms with Gasteiger partial charge in [0.1, 0.15) is 0 Å². The first-order valence-corrected chi connectivity index (χ1v) is 5.85. The molecule has 0 bridgehead atoms. The smallest absolute Gasteiger partial charge is 0.188 e. The fourth-order valence-electron chi connectivity index (χ4n) is 1.47. The second kappa shape index (κ2) is 3.26. The van der Waals surface area contributed by atoms with E-state index < -0.39 is 0 Å². The van der Waals surface area contributed by atoms with Crippen molar-refractivity contribution in [1.29, 1.82) is 0 Å². The van der Waals surface area contributed by atoms with Gasteiger partial charge in [-0.3, -0.25) is 0 Å². The van der Waals surface area contributed by atoms with Gasteiger partial charge in [0.25, 0.3) is 0 Å². The lowest BCUT2D eigenvalue weighted by molar-refractivity contribution is 0.425. The van der Waals surface area contributed by atoms with Crippen molar-refractivity contribution in [3.05, 3.63) is 15.4 Å². The van der Waals surface area contributed by atoms with Gasteiger partial charge in [0, 0.05) is 4.88 Å². The second-order valence-corrected chi connectivity index (χ2v) is 5.15. The SMILES string of the molecule is CNC1(c2cc(Br)c(OC)s2)CC1. The van der Waals surface area contributed by atoms with E-state index in [9.17, 15) is 0 Å². The van der Waals surface area contributed by atoms with Crippen LogP contribution in [-0.4, -0.2) is 14.2 Å². The van der Waals surface area contributed by atoms with Crippen LogP contribution in [0, 0.1) is 0 Å². The molecular weight excluding hydrogens is 250 g/mol. The van der Waals surface area contributed by atoms with Crippen LogP contribution in [0.25, 0.3) is 0 Å². The van der Waals surface area contributed by atoms with E-state index in [-0.39, 0.29) is 5.54 Å². The molecule has 72 valence electrons. The predicted octanol–water partition coefficient (Wildman–Crippen LogP) is 2.73. The maximum Gasteiger partial charge on any atom is 0.188 e. The molecule has 1 aromatic heterocycles. The second-order valence-electron chi connectivity index (χ2n) is 3.28. The van der Waals surface area contributed by atoms with E-state index in [2.05, 4.69) is 27.3 Å². The van der Waals surface area contributed by atoms with Crippen molar-refractivity contribution in [2.24, 2.45) is 0 Å². The molecule has 0 aliphatic heterocycles. The maximum absolute atomic E-state index is 5.24. The van der Waals surface area contributed by atoms with E-state index in [1.165, 1.54) is 17.7 Å². The molecule has 1 aliphatic rings. The monoisotopic (exact) mass is 261 g/mol. The van der Waals surface area contributed by atoms with Crippen molar-refractivity contribution in [2.45, 2.75) is 18.4 Å². The van der Waals surface area contributed by atoms with E-state index in [0.717, 1.165) is 9.54 Å². The van der Waals surface area contributed by atoms with E-state index in [1.54, 1.807) is 18.4 Å². The van der Waals surface area contributed by atoms with E-state index in [1.807, 2.05) is 7.05 Å². The predicted molar refractivity (Wildman–Crippen MR) is 58.5 cm³/mol. The molecule has 2 rings (SSSR count). The Balaban J connectivity index is 2.31. The molecule has 0 amide bonds. The van der Waals surface area contributed by atoms with Crippen LogP contribution in [-0.2, 0) is 5.54 Å². The molecule has 0 unspecified atom stereocenters. The number of methoxy groups -OCH3 is 1. The molecule has 2 nitrogen and oxygen atoms in total. The molecule has 0 saturated heterocycles. The van der Waals surface area contributed by atoms with Crippen LogP contribution < -0.4 is 10.1 Å². The van der Waals surface area contributed by atoms with Crippen LogP contribution in [0.1, 0.15) is 17.7 Å². The number of ether oxygens (including phenoxy) is 1. The van der Waals surface area contributed by atoms with Gasteiger partial charge >= 0.3 is 0 Å². The molecule has 1 heterocycles. The minimum absolute atomic E-state index is 0.254. The largest absolute Gasteiger partial charge is 0.486 e. The fourth-order valence-corrected chi connectivity index (χ4v) is 3.37. The molecule has 0 aromatic carbocycles. The Labute approximate surface area is 90.4 Å². The van der Waals surface area contributed by atoms with Crippen LogP contribution in [0.15, 0.2) is 10.5 Å². The summed E-state index contributed by atoms with van der Waals surface area (Å²) in [6.07, 6.45) is 2.47. The zero-order valence-electron chi connectivity index (χ0n) is 7.69. The number of hydrogen-bond acceptors (Lipinski definition) is 3. The van der Waals surface area contributed by atoms with Gasteiger partial charge in [0.2, 0.25) is 0 Å². The number of rotatable bonds is 3. The van der Waals surface area contributed by atoms with Gasteiger partial charge in [-0.15, -0.1) is 11.3 Å². The summed E-state index contributed by atoms with van der Waals surface area (Å²) in [6, 6.07) is 2.16. The van der Waals surface area contributed by atoms with Crippen LogP contribution in [0.2, 0.25) is 0 Å². The summed E-state index contributed by atoms with van der Waals surface area (Å²) in [4.78, 5) is 1.37. The third-order valence-corrected chi connectivity index (χ3v) is 4.69. The average Bonchev–Trinajstić information content (AvgIpc) is 2.85. The maximum atomic E-state index is 5.24. The fraction of sp³-hybridized carbons (Fsp3) is 0.556. The van der Waals surface area contributed by atoms with Crippen molar-refractivity contribution < 1.29 is 4.74 Å². The summed E-state index contributed by atoms with van der Waals surface area (Å²) in [7, 11) is 3.73. The first-order valence-electron chi connectivity index (χ1n) is 4.24. The third-order valence-electron chi connectivity index (χ3n) is 2.54. The molecule has 1 N–H and O–H groups in total. The molecule has 1 fully saturated rings. The highest BCUT2D eigenvalue weighted by Gasteiger charge is 2.44. The van der Waals surface area contributed by atoms with E-state index in [0.29, 0.717) is 0 Å². The molecule has 0 spiro atoms. The van der Waals surface area contributed by atoms with Crippen LogP contribution in [0.3, 0.4) is 0 Å².